The van der Waals surface area contributed by atoms with Crippen LogP contribution < -0.4 is 11.5 Å². The van der Waals surface area contributed by atoms with Gasteiger partial charge in [0.15, 0.2) is 0 Å². The Morgan fingerprint density at radius 2 is 1.79 bits per heavy atom. The first kappa shape index (κ1) is 13.6. The summed E-state index contributed by atoms with van der Waals surface area (Å²) >= 11 is 0. The molecule has 2 rings (SSSR count). The Morgan fingerprint density at radius 3 is 2.58 bits per heavy atom. The van der Waals surface area contributed by atoms with Gasteiger partial charge in [0.05, 0.1) is 0 Å². The quantitative estimate of drug-likeness (QED) is 0.780. The maximum Gasteiger partial charge on any atom is 0.217 e. The molecule has 0 aliphatic rings. The van der Waals surface area contributed by atoms with Gasteiger partial charge in [-0.3, -0.25) is 4.79 Å². The van der Waals surface area contributed by atoms with Gasteiger partial charge in [-0.1, -0.05) is 48.9 Å². The summed E-state index contributed by atoms with van der Waals surface area (Å²) in [5.41, 5.74) is 12.6. The number of amides is 1. The molecule has 0 fully saturated rings. The van der Waals surface area contributed by atoms with Crippen molar-refractivity contribution in [2.45, 2.75) is 31.7 Å². The van der Waals surface area contributed by atoms with E-state index < -0.39 is 0 Å². The van der Waals surface area contributed by atoms with Crippen LogP contribution in [0.15, 0.2) is 42.5 Å². The molecule has 1 amide bonds. The molecular formula is C16H20N2O. The molecule has 0 spiro atoms. The maximum atomic E-state index is 10.7. The predicted octanol–water partition coefficient (Wildman–Crippen LogP) is 2.89. The Balaban J connectivity index is 2.05. The molecule has 0 aliphatic carbocycles. The van der Waals surface area contributed by atoms with Crippen LogP contribution in [0, 0.1) is 0 Å². The number of benzene rings is 2. The van der Waals surface area contributed by atoms with E-state index in [9.17, 15) is 4.79 Å². The van der Waals surface area contributed by atoms with E-state index in [1.165, 1.54) is 16.3 Å². The highest BCUT2D eigenvalue weighted by Gasteiger charge is 2.09. The molecule has 19 heavy (non-hydrogen) atoms. The number of fused-ring (bicyclic) bond motifs is 1. The van der Waals surface area contributed by atoms with Gasteiger partial charge in [0, 0.05) is 12.5 Å². The number of unbranched alkanes of at least 4 members (excludes halogenated alkanes) is 1. The lowest BCUT2D eigenvalue weighted by Crippen LogP contribution is -2.12. The molecule has 0 saturated carbocycles. The van der Waals surface area contributed by atoms with E-state index in [-0.39, 0.29) is 11.9 Å². The van der Waals surface area contributed by atoms with E-state index in [2.05, 4.69) is 24.3 Å². The highest BCUT2D eigenvalue weighted by Crippen LogP contribution is 2.25. The summed E-state index contributed by atoms with van der Waals surface area (Å²) in [7, 11) is 0. The average Bonchev–Trinajstić information content (AvgIpc) is 2.42. The van der Waals surface area contributed by atoms with Crippen molar-refractivity contribution >= 4 is 16.7 Å². The number of primary amides is 1. The fourth-order valence-corrected chi connectivity index (χ4v) is 2.39. The Labute approximate surface area is 113 Å². The molecule has 0 aromatic heterocycles. The number of rotatable bonds is 6. The Hall–Kier alpha value is -1.87. The molecule has 0 heterocycles. The smallest absolute Gasteiger partial charge is 0.217 e. The van der Waals surface area contributed by atoms with Crippen molar-refractivity contribution < 1.29 is 4.79 Å². The van der Waals surface area contributed by atoms with E-state index >= 15 is 0 Å². The molecule has 0 saturated heterocycles. The molecule has 100 valence electrons. The predicted molar refractivity (Wildman–Crippen MR) is 78.5 cm³/mol. The van der Waals surface area contributed by atoms with Crippen LogP contribution in [0.2, 0.25) is 0 Å². The summed E-state index contributed by atoms with van der Waals surface area (Å²) < 4.78 is 0. The fourth-order valence-electron chi connectivity index (χ4n) is 2.39. The van der Waals surface area contributed by atoms with Crippen LogP contribution in [0.4, 0.5) is 0 Å². The number of hydrogen-bond donors (Lipinski definition) is 2. The molecule has 3 nitrogen and oxygen atoms in total. The lowest BCUT2D eigenvalue weighted by Gasteiger charge is -2.14. The van der Waals surface area contributed by atoms with Crippen molar-refractivity contribution in [1.29, 1.82) is 0 Å². The minimum absolute atomic E-state index is 0.0129. The third kappa shape index (κ3) is 3.55. The minimum Gasteiger partial charge on any atom is -0.370 e. The number of carbonyl (C=O) groups is 1. The van der Waals surface area contributed by atoms with Crippen LogP contribution in [-0.4, -0.2) is 5.91 Å². The zero-order valence-corrected chi connectivity index (χ0v) is 11.0. The summed E-state index contributed by atoms with van der Waals surface area (Å²) in [5.74, 6) is -0.237. The first-order valence-corrected chi connectivity index (χ1v) is 6.70. The van der Waals surface area contributed by atoms with Gasteiger partial charge >= 0.3 is 0 Å². The monoisotopic (exact) mass is 256 g/mol. The van der Waals surface area contributed by atoms with Crippen molar-refractivity contribution in [3.05, 3.63) is 48.0 Å². The SMILES string of the molecule is NC(=O)CCCCC(N)c1cccc2ccccc12. The maximum absolute atomic E-state index is 10.7. The van der Waals surface area contributed by atoms with E-state index in [0.717, 1.165) is 19.3 Å². The summed E-state index contributed by atoms with van der Waals surface area (Å²) in [6.45, 7) is 0. The van der Waals surface area contributed by atoms with Gasteiger partial charge < -0.3 is 11.5 Å². The lowest BCUT2D eigenvalue weighted by atomic mass is 9.95. The van der Waals surface area contributed by atoms with Gasteiger partial charge in [0.25, 0.3) is 0 Å². The van der Waals surface area contributed by atoms with Crippen LogP contribution in [0.5, 0.6) is 0 Å². The first-order chi connectivity index (χ1) is 9.18. The topological polar surface area (TPSA) is 69.1 Å². The first-order valence-electron chi connectivity index (χ1n) is 6.70. The van der Waals surface area contributed by atoms with Crippen LogP contribution in [0.3, 0.4) is 0 Å². The minimum atomic E-state index is -0.237. The van der Waals surface area contributed by atoms with Crippen LogP contribution in [0.1, 0.15) is 37.3 Å². The molecule has 3 heteroatoms. The van der Waals surface area contributed by atoms with Crippen LogP contribution >= 0.6 is 0 Å². The summed E-state index contributed by atoms with van der Waals surface area (Å²) in [5, 5.41) is 2.43. The second-order valence-corrected chi connectivity index (χ2v) is 4.89. The van der Waals surface area contributed by atoms with E-state index in [4.69, 9.17) is 11.5 Å². The molecule has 0 bridgehead atoms. The van der Waals surface area contributed by atoms with Crippen molar-refractivity contribution in [3.8, 4) is 0 Å². The molecule has 0 radical (unpaired) electrons. The molecule has 1 atom stereocenters. The van der Waals surface area contributed by atoms with E-state index in [1.807, 2.05) is 18.2 Å². The normalized spacial score (nSPS) is 12.5. The van der Waals surface area contributed by atoms with Crippen LogP contribution in [0.25, 0.3) is 10.8 Å². The summed E-state index contributed by atoms with van der Waals surface area (Å²) in [6.07, 6.45) is 3.06. The van der Waals surface area contributed by atoms with Gasteiger partial charge in [0.2, 0.25) is 5.91 Å². The number of nitrogens with two attached hydrogens (primary N) is 2. The standard InChI is InChI=1S/C16H20N2O/c17-15(10-3-4-11-16(18)19)14-9-5-7-12-6-1-2-8-13(12)14/h1-2,5-9,15H,3-4,10-11,17H2,(H2,18,19). The van der Waals surface area contributed by atoms with Crippen molar-refractivity contribution in [2.75, 3.05) is 0 Å². The second kappa shape index (κ2) is 6.34. The number of carbonyl (C=O) groups excluding carboxylic acids is 1. The third-order valence-electron chi connectivity index (χ3n) is 3.41. The van der Waals surface area contributed by atoms with Gasteiger partial charge in [0.1, 0.15) is 0 Å². The zero-order valence-electron chi connectivity index (χ0n) is 11.0. The van der Waals surface area contributed by atoms with Crippen molar-refractivity contribution in [3.63, 3.8) is 0 Å². The number of hydrogen-bond acceptors (Lipinski definition) is 2. The zero-order chi connectivity index (χ0) is 13.7. The van der Waals surface area contributed by atoms with E-state index in [0.29, 0.717) is 6.42 Å². The van der Waals surface area contributed by atoms with Gasteiger partial charge in [-0.25, -0.2) is 0 Å². The van der Waals surface area contributed by atoms with Gasteiger partial charge in [-0.15, -0.1) is 0 Å². The second-order valence-electron chi connectivity index (χ2n) is 4.89. The highest BCUT2D eigenvalue weighted by molar-refractivity contribution is 5.86. The molecule has 1 unspecified atom stereocenters. The van der Waals surface area contributed by atoms with Crippen molar-refractivity contribution in [1.82, 2.24) is 0 Å². The average molecular weight is 256 g/mol. The third-order valence-corrected chi connectivity index (χ3v) is 3.41. The molecule has 0 aliphatic heterocycles. The Morgan fingerprint density at radius 1 is 1.05 bits per heavy atom. The Kier molecular flexibility index (Phi) is 4.53. The largest absolute Gasteiger partial charge is 0.370 e. The highest BCUT2D eigenvalue weighted by atomic mass is 16.1. The Bertz CT molecular complexity index is 560. The summed E-state index contributed by atoms with van der Waals surface area (Å²) in [4.78, 5) is 10.7. The van der Waals surface area contributed by atoms with E-state index in [1.54, 1.807) is 0 Å². The molecular weight excluding hydrogens is 236 g/mol. The molecule has 4 N–H and O–H groups in total. The van der Waals surface area contributed by atoms with Gasteiger partial charge in [-0.2, -0.15) is 0 Å². The van der Waals surface area contributed by atoms with Crippen LogP contribution in [-0.2, 0) is 4.79 Å². The van der Waals surface area contributed by atoms with Gasteiger partial charge in [-0.05, 0) is 29.2 Å². The molecule has 2 aromatic carbocycles. The molecule has 2 aromatic rings. The lowest BCUT2D eigenvalue weighted by molar-refractivity contribution is -0.118. The fraction of sp³-hybridized carbons (Fsp3) is 0.312. The van der Waals surface area contributed by atoms with Crippen molar-refractivity contribution in [2.24, 2.45) is 11.5 Å². The summed E-state index contributed by atoms with van der Waals surface area (Å²) in [6, 6.07) is 14.5.